The quantitative estimate of drug-likeness (QED) is 0.745. The molecule has 6 nitrogen and oxygen atoms in total. The van der Waals surface area contributed by atoms with Gasteiger partial charge in [0.1, 0.15) is 5.75 Å². The van der Waals surface area contributed by atoms with E-state index in [1.165, 1.54) is 0 Å². The molecule has 0 heterocycles. The number of hydrogen-bond acceptors (Lipinski definition) is 4. The number of benzene rings is 1. The van der Waals surface area contributed by atoms with Gasteiger partial charge in [0, 0.05) is 24.5 Å². The minimum Gasteiger partial charge on any atom is -0.410 e. The van der Waals surface area contributed by atoms with E-state index >= 15 is 0 Å². The van der Waals surface area contributed by atoms with Crippen molar-refractivity contribution in [2.45, 2.75) is 58.2 Å². The SMILES string of the molecule is CC(C)(C)NC(=O)Oc1ccc(CNC(=O)CCC2CC2N)cc1. The number of carbonyl (C=O) groups excluding carboxylic acids is 2. The number of hydrogen-bond donors (Lipinski definition) is 3. The maximum Gasteiger partial charge on any atom is 0.413 e. The molecule has 1 aliphatic rings. The van der Waals surface area contributed by atoms with Crippen LogP contribution in [0.5, 0.6) is 5.75 Å². The van der Waals surface area contributed by atoms with Crippen LogP contribution >= 0.6 is 0 Å². The number of ether oxygens (including phenoxy) is 1. The van der Waals surface area contributed by atoms with Gasteiger partial charge in [-0.15, -0.1) is 0 Å². The van der Waals surface area contributed by atoms with Crippen molar-refractivity contribution < 1.29 is 14.3 Å². The molecule has 1 aromatic carbocycles. The summed E-state index contributed by atoms with van der Waals surface area (Å²) in [6.07, 6.45) is 1.94. The summed E-state index contributed by atoms with van der Waals surface area (Å²) in [7, 11) is 0. The van der Waals surface area contributed by atoms with E-state index in [0.717, 1.165) is 18.4 Å². The first-order chi connectivity index (χ1) is 11.2. The first kappa shape index (κ1) is 18.3. The van der Waals surface area contributed by atoms with Crippen molar-refractivity contribution in [3.63, 3.8) is 0 Å². The van der Waals surface area contributed by atoms with Crippen molar-refractivity contribution in [3.05, 3.63) is 29.8 Å². The fourth-order valence-corrected chi connectivity index (χ4v) is 2.32. The predicted molar refractivity (Wildman–Crippen MR) is 92.5 cm³/mol. The van der Waals surface area contributed by atoms with Crippen LogP contribution in [0.25, 0.3) is 0 Å². The molecule has 24 heavy (non-hydrogen) atoms. The van der Waals surface area contributed by atoms with Gasteiger partial charge in [0.2, 0.25) is 5.91 Å². The van der Waals surface area contributed by atoms with Crippen LogP contribution in [0.15, 0.2) is 24.3 Å². The largest absolute Gasteiger partial charge is 0.413 e. The van der Waals surface area contributed by atoms with E-state index in [-0.39, 0.29) is 11.4 Å². The molecule has 1 saturated carbocycles. The molecule has 0 aromatic heterocycles. The highest BCUT2D eigenvalue weighted by Gasteiger charge is 2.32. The summed E-state index contributed by atoms with van der Waals surface area (Å²) in [4.78, 5) is 23.5. The van der Waals surface area contributed by atoms with Gasteiger partial charge in [-0.1, -0.05) is 12.1 Å². The molecule has 1 aliphatic carbocycles. The predicted octanol–water partition coefficient (Wildman–Crippen LogP) is 2.32. The van der Waals surface area contributed by atoms with Gasteiger partial charge in [0.15, 0.2) is 0 Å². The van der Waals surface area contributed by atoms with Gasteiger partial charge >= 0.3 is 6.09 Å². The smallest absolute Gasteiger partial charge is 0.410 e. The summed E-state index contributed by atoms with van der Waals surface area (Å²) in [5.74, 6) is 1.03. The molecule has 1 fully saturated rings. The van der Waals surface area contributed by atoms with Crippen molar-refractivity contribution in [2.24, 2.45) is 11.7 Å². The molecule has 2 atom stereocenters. The molecule has 0 aliphatic heterocycles. The van der Waals surface area contributed by atoms with Crippen LogP contribution in [0.3, 0.4) is 0 Å². The summed E-state index contributed by atoms with van der Waals surface area (Å²) in [5.41, 5.74) is 6.34. The molecule has 4 N–H and O–H groups in total. The highest BCUT2D eigenvalue weighted by Crippen LogP contribution is 2.32. The zero-order valence-corrected chi connectivity index (χ0v) is 14.6. The minimum atomic E-state index is -0.484. The summed E-state index contributed by atoms with van der Waals surface area (Å²) in [6.45, 7) is 6.12. The topological polar surface area (TPSA) is 93.5 Å². The van der Waals surface area contributed by atoms with Crippen molar-refractivity contribution in [2.75, 3.05) is 0 Å². The molecule has 2 unspecified atom stereocenters. The van der Waals surface area contributed by atoms with E-state index in [2.05, 4.69) is 10.6 Å². The van der Waals surface area contributed by atoms with Crippen LogP contribution in [0.4, 0.5) is 4.79 Å². The molecule has 0 radical (unpaired) electrons. The van der Waals surface area contributed by atoms with Crippen molar-refractivity contribution in [1.82, 2.24) is 10.6 Å². The Labute approximate surface area is 143 Å². The van der Waals surface area contributed by atoms with Crippen LogP contribution in [0.2, 0.25) is 0 Å². The summed E-state index contributed by atoms with van der Waals surface area (Å²) in [5, 5.41) is 5.61. The van der Waals surface area contributed by atoms with Crippen LogP contribution in [0.1, 0.15) is 45.6 Å². The van der Waals surface area contributed by atoms with Crippen molar-refractivity contribution >= 4 is 12.0 Å². The van der Waals surface area contributed by atoms with Crippen molar-refractivity contribution in [1.29, 1.82) is 0 Å². The van der Waals surface area contributed by atoms with Crippen LogP contribution in [-0.2, 0) is 11.3 Å². The maximum atomic E-state index is 11.8. The monoisotopic (exact) mass is 333 g/mol. The van der Waals surface area contributed by atoms with E-state index in [0.29, 0.717) is 30.7 Å². The molecule has 2 amide bonds. The zero-order chi connectivity index (χ0) is 17.7. The first-order valence-corrected chi connectivity index (χ1v) is 8.34. The second kappa shape index (κ2) is 7.66. The average Bonchev–Trinajstić information content (AvgIpc) is 3.18. The Kier molecular flexibility index (Phi) is 5.83. The van der Waals surface area contributed by atoms with Gasteiger partial charge in [-0.3, -0.25) is 4.79 Å². The number of nitrogens with one attached hydrogen (secondary N) is 2. The Morgan fingerprint density at radius 3 is 2.42 bits per heavy atom. The molecule has 0 bridgehead atoms. The molecule has 132 valence electrons. The molecule has 0 saturated heterocycles. The summed E-state index contributed by atoms with van der Waals surface area (Å²) < 4.78 is 5.20. The lowest BCUT2D eigenvalue weighted by molar-refractivity contribution is -0.121. The summed E-state index contributed by atoms with van der Waals surface area (Å²) in [6, 6.07) is 7.38. The Bertz CT molecular complexity index is 578. The molecule has 0 spiro atoms. The normalized spacial score (nSPS) is 19.5. The van der Waals surface area contributed by atoms with E-state index in [4.69, 9.17) is 10.5 Å². The van der Waals surface area contributed by atoms with E-state index in [1.54, 1.807) is 12.1 Å². The zero-order valence-electron chi connectivity index (χ0n) is 14.6. The fraction of sp³-hybridized carbons (Fsp3) is 0.556. The van der Waals surface area contributed by atoms with Crippen LogP contribution in [-0.4, -0.2) is 23.6 Å². The van der Waals surface area contributed by atoms with Gasteiger partial charge < -0.3 is 21.1 Å². The lowest BCUT2D eigenvalue weighted by atomic mass is 10.1. The Balaban J connectivity index is 1.71. The minimum absolute atomic E-state index is 0.0407. The van der Waals surface area contributed by atoms with E-state index in [9.17, 15) is 9.59 Å². The Morgan fingerprint density at radius 2 is 1.88 bits per heavy atom. The Morgan fingerprint density at radius 1 is 1.25 bits per heavy atom. The van der Waals surface area contributed by atoms with E-state index in [1.807, 2.05) is 32.9 Å². The molecular weight excluding hydrogens is 306 g/mol. The highest BCUT2D eigenvalue weighted by atomic mass is 16.6. The highest BCUT2D eigenvalue weighted by molar-refractivity contribution is 5.76. The third-order valence-corrected chi connectivity index (χ3v) is 3.82. The van der Waals surface area contributed by atoms with Crippen LogP contribution < -0.4 is 21.1 Å². The standard InChI is InChI=1S/C18H27N3O3/c1-18(2,3)21-17(23)24-14-7-4-12(5-8-14)11-20-16(22)9-6-13-10-15(13)19/h4-5,7-8,13,15H,6,9-11,19H2,1-3H3,(H,20,22)(H,21,23). The molecule has 2 rings (SSSR count). The first-order valence-electron chi connectivity index (χ1n) is 8.34. The van der Waals surface area contributed by atoms with Crippen LogP contribution in [0, 0.1) is 5.92 Å². The fourth-order valence-electron chi connectivity index (χ4n) is 2.32. The van der Waals surface area contributed by atoms with Crippen molar-refractivity contribution in [3.8, 4) is 5.75 Å². The average molecular weight is 333 g/mol. The lowest BCUT2D eigenvalue weighted by Crippen LogP contribution is -2.42. The van der Waals surface area contributed by atoms with Gasteiger partial charge in [-0.25, -0.2) is 4.79 Å². The third-order valence-electron chi connectivity index (χ3n) is 3.82. The summed E-state index contributed by atoms with van der Waals surface area (Å²) >= 11 is 0. The number of amides is 2. The maximum absolute atomic E-state index is 11.8. The molecule has 6 heteroatoms. The Hall–Kier alpha value is -2.08. The van der Waals surface area contributed by atoms with Gasteiger partial charge in [0.25, 0.3) is 0 Å². The van der Waals surface area contributed by atoms with Gasteiger partial charge in [-0.2, -0.15) is 0 Å². The van der Waals surface area contributed by atoms with E-state index < -0.39 is 6.09 Å². The number of rotatable bonds is 6. The lowest BCUT2D eigenvalue weighted by Gasteiger charge is -2.19. The second-order valence-corrected chi connectivity index (χ2v) is 7.38. The molecular formula is C18H27N3O3. The molecule has 1 aromatic rings. The number of carbonyl (C=O) groups is 2. The second-order valence-electron chi connectivity index (χ2n) is 7.38. The number of nitrogens with two attached hydrogens (primary N) is 1. The van der Waals surface area contributed by atoms with Gasteiger partial charge in [-0.05, 0) is 57.2 Å². The third kappa shape index (κ3) is 6.58. The van der Waals surface area contributed by atoms with Gasteiger partial charge in [0.05, 0.1) is 0 Å².